The number of aromatic amines is 1. The van der Waals surface area contributed by atoms with E-state index in [4.69, 9.17) is 21.1 Å². The van der Waals surface area contributed by atoms with Gasteiger partial charge in [0.15, 0.2) is 0 Å². The maximum absolute atomic E-state index is 12.5. The first kappa shape index (κ1) is 22.6. The Morgan fingerprint density at radius 1 is 1.44 bits per heavy atom. The van der Waals surface area contributed by atoms with Gasteiger partial charge in [0.2, 0.25) is 17.7 Å². The SMILES string of the molecule is C=C(CBr)C(=O)N1C[C@H](COc2nc(Nc3cnn(C)c3)nc3[nH]cc(Cl)c23)[C@@H](OC)C1. The number of amides is 1. The highest BCUT2D eigenvalue weighted by molar-refractivity contribution is 9.09. The number of hydrogen-bond acceptors (Lipinski definition) is 7. The zero-order valence-corrected chi connectivity index (χ0v) is 20.0. The highest BCUT2D eigenvalue weighted by atomic mass is 79.9. The Hall–Kier alpha value is -2.63. The number of nitrogens with one attached hydrogen (secondary N) is 2. The van der Waals surface area contributed by atoms with Crippen molar-refractivity contribution in [3.05, 3.63) is 35.8 Å². The van der Waals surface area contributed by atoms with Gasteiger partial charge in [-0.1, -0.05) is 34.1 Å². The number of methoxy groups -OCH3 is 1. The third-order valence-electron chi connectivity index (χ3n) is 5.28. The molecule has 4 heterocycles. The van der Waals surface area contributed by atoms with Crippen LogP contribution in [0.1, 0.15) is 0 Å². The van der Waals surface area contributed by atoms with E-state index in [2.05, 4.69) is 47.9 Å². The molecule has 0 radical (unpaired) electrons. The number of carbonyl (C=O) groups is 1. The molecule has 1 aliphatic heterocycles. The summed E-state index contributed by atoms with van der Waals surface area (Å²) in [6.45, 7) is 5.09. The van der Waals surface area contributed by atoms with Gasteiger partial charge in [-0.15, -0.1) is 0 Å². The van der Waals surface area contributed by atoms with Gasteiger partial charge >= 0.3 is 0 Å². The summed E-state index contributed by atoms with van der Waals surface area (Å²) in [6.07, 6.45) is 4.96. The van der Waals surface area contributed by atoms with Crippen LogP contribution in [-0.2, 0) is 16.6 Å². The van der Waals surface area contributed by atoms with Crippen molar-refractivity contribution in [2.24, 2.45) is 13.0 Å². The zero-order chi connectivity index (χ0) is 22.8. The number of aryl methyl sites for hydroxylation is 1. The molecule has 0 aromatic carbocycles. The number of carbonyl (C=O) groups excluding carboxylic acids is 1. The Balaban J connectivity index is 1.53. The first-order valence-corrected chi connectivity index (χ1v) is 11.4. The van der Waals surface area contributed by atoms with E-state index < -0.39 is 0 Å². The maximum Gasteiger partial charge on any atom is 0.250 e. The summed E-state index contributed by atoms with van der Waals surface area (Å²) in [4.78, 5) is 26.3. The summed E-state index contributed by atoms with van der Waals surface area (Å²) in [7, 11) is 3.45. The Labute approximate surface area is 198 Å². The third-order valence-corrected chi connectivity index (χ3v) is 6.26. The van der Waals surface area contributed by atoms with Gasteiger partial charge in [-0.2, -0.15) is 15.1 Å². The molecule has 12 heteroatoms. The highest BCUT2D eigenvalue weighted by Crippen LogP contribution is 2.32. The normalized spacial score (nSPS) is 18.3. The molecule has 3 aromatic heterocycles. The van der Waals surface area contributed by atoms with E-state index >= 15 is 0 Å². The van der Waals surface area contributed by atoms with E-state index in [1.807, 2.05) is 13.2 Å². The van der Waals surface area contributed by atoms with Crippen molar-refractivity contribution in [1.29, 1.82) is 0 Å². The molecule has 0 saturated carbocycles. The fourth-order valence-corrected chi connectivity index (χ4v) is 4.10. The number of nitrogens with zero attached hydrogens (tertiary/aromatic N) is 5. The van der Waals surface area contributed by atoms with Crippen LogP contribution in [0.4, 0.5) is 11.6 Å². The first-order valence-electron chi connectivity index (χ1n) is 9.88. The van der Waals surface area contributed by atoms with Gasteiger partial charge in [-0.25, -0.2) is 0 Å². The fraction of sp³-hybridized carbons (Fsp3) is 0.400. The Bertz CT molecular complexity index is 1150. The third kappa shape index (κ3) is 4.59. The largest absolute Gasteiger partial charge is 0.477 e. The van der Waals surface area contributed by atoms with Crippen molar-refractivity contribution >= 4 is 56.1 Å². The lowest BCUT2D eigenvalue weighted by atomic mass is 10.1. The molecule has 170 valence electrons. The van der Waals surface area contributed by atoms with Gasteiger partial charge in [-0.3, -0.25) is 9.48 Å². The molecular weight excluding hydrogens is 502 g/mol. The molecule has 32 heavy (non-hydrogen) atoms. The lowest BCUT2D eigenvalue weighted by Crippen LogP contribution is -2.31. The highest BCUT2D eigenvalue weighted by Gasteiger charge is 2.36. The van der Waals surface area contributed by atoms with Crippen molar-refractivity contribution in [3.8, 4) is 5.88 Å². The minimum atomic E-state index is -0.158. The molecule has 4 rings (SSSR count). The van der Waals surface area contributed by atoms with E-state index in [9.17, 15) is 4.79 Å². The van der Waals surface area contributed by atoms with Crippen LogP contribution in [0.5, 0.6) is 5.88 Å². The monoisotopic (exact) mass is 523 g/mol. The number of likely N-dealkylation sites (tertiary alicyclic amines) is 1. The second kappa shape index (κ2) is 9.47. The molecule has 3 aromatic rings. The molecule has 1 saturated heterocycles. The molecule has 0 spiro atoms. The van der Waals surface area contributed by atoms with Crippen LogP contribution in [0, 0.1) is 5.92 Å². The van der Waals surface area contributed by atoms with E-state index in [0.29, 0.717) is 58.5 Å². The summed E-state index contributed by atoms with van der Waals surface area (Å²) in [5.74, 6) is 0.563. The number of aromatic nitrogens is 5. The van der Waals surface area contributed by atoms with Crippen LogP contribution in [0.25, 0.3) is 11.0 Å². The molecule has 0 bridgehead atoms. The zero-order valence-electron chi connectivity index (χ0n) is 17.6. The van der Waals surface area contributed by atoms with Gasteiger partial charge in [0.05, 0.1) is 35.0 Å². The summed E-state index contributed by atoms with van der Waals surface area (Å²) >= 11 is 9.63. The lowest BCUT2D eigenvalue weighted by molar-refractivity contribution is -0.126. The van der Waals surface area contributed by atoms with Crippen LogP contribution in [-0.4, -0.2) is 73.8 Å². The summed E-state index contributed by atoms with van der Waals surface area (Å²) in [5.41, 5.74) is 1.79. The van der Waals surface area contributed by atoms with Gasteiger partial charge in [0, 0.05) is 56.5 Å². The second-order valence-electron chi connectivity index (χ2n) is 7.53. The first-order chi connectivity index (χ1) is 15.4. The van der Waals surface area contributed by atoms with Gasteiger partial charge < -0.3 is 24.7 Å². The lowest BCUT2D eigenvalue weighted by Gasteiger charge is -2.17. The Morgan fingerprint density at radius 2 is 2.25 bits per heavy atom. The Morgan fingerprint density at radius 3 is 2.94 bits per heavy atom. The van der Waals surface area contributed by atoms with Crippen molar-refractivity contribution in [2.45, 2.75) is 6.10 Å². The van der Waals surface area contributed by atoms with E-state index in [-0.39, 0.29) is 17.9 Å². The summed E-state index contributed by atoms with van der Waals surface area (Å²) < 4.78 is 13.4. The van der Waals surface area contributed by atoms with Crippen LogP contribution >= 0.6 is 27.5 Å². The molecule has 2 atom stereocenters. The molecule has 2 N–H and O–H groups in total. The summed E-state index contributed by atoms with van der Waals surface area (Å²) in [5, 5.41) is 8.73. The van der Waals surface area contributed by atoms with Crippen LogP contribution in [0.3, 0.4) is 0 Å². The van der Waals surface area contributed by atoms with Gasteiger partial charge in [0.25, 0.3) is 0 Å². The number of halogens is 2. The molecule has 1 amide bonds. The van der Waals surface area contributed by atoms with E-state index in [0.717, 1.165) is 5.69 Å². The maximum atomic E-state index is 12.5. The standard InChI is InChI=1S/C20H23BrClN7O3/c1-11(4-21)19(30)29-7-12(15(9-29)31-3)10-32-18-16-14(22)6-23-17(16)26-20(27-18)25-13-5-24-28(2)8-13/h5-6,8,12,15H,1,4,7,9-10H2,2-3H3,(H2,23,25,26,27)/t12-,15+/m1/s1. The van der Waals surface area contributed by atoms with Crippen molar-refractivity contribution in [3.63, 3.8) is 0 Å². The van der Waals surface area contributed by atoms with Gasteiger partial charge in [0.1, 0.15) is 5.65 Å². The minimum absolute atomic E-state index is 0.0375. The smallest absolute Gasteiger partial charge is 0.250 e. The van der Waals surface area contributed by atoms with Crippen molar-refractivity contribution in [1.82, 2.24) is 29.6 Å². The fourth-order valence-electron chi connectivity index (χ4n) is 3.64. The Kier molecular flexibility index (Phi) is 6.68. The number of fused-ring (bicyclic) bond motifs is 1. The van der Waals surface area contributed by atoms with E-state index in [1.54, 1.807) is 29.1 Å². The van der Waals surface area contributed by atoms with Crippen LogP contribution in [0.2, 0.25) is 5.02 Å². The van der Waals surface area contributed by atoms with Gasteiger partial charge in [-0.05, 0) is 0 Å². The predicted molar refractivity (Wildman–Crippen MR) is 125 cm³/mol. The minimum Gasteiger partial charge on any atom is -0.477 e. The van der Waals surface area contributed by atoms with Crippen molar-refractivity contribution < 1.29 is 14.3 Å². The second-order valence-corrected chi connectivity index (χ2v) is 8.50. The van der Waals surface area contributed by atoms with E-state index in [1.165, 1.54) is 0 Å². The average molecular weight is 525 g/mol. The molecule has 1 aliphatic rings. The number of H-pyrrole nitrogens is 1. The number of rotatable bonds is 8. The van der Waals surface area contributed by atoms with Crippen molar-refractivity contribution in [2.75, 3.05) is 37.5 Å². The predicted octanol–water partition coefficient (Wildman–Crippen LogP) is 2.89. The molecular formula is C20H23BrClN7O3. The molecule has 0 unspecified atom stereocenters. The number of ether oxygens (including phenoxy) is 2. The quantitative estimate of drug-likeness (QED) is 0.344. The molecule has 0 aliphatic carbocycles. The van der Waals surface area contributed by atoms with Crippen LogP contribution in [0.15, 0.2) is 30.7 Å². The topological polar surface area (TPSA) is 110 Å². The molecule has 10 nitrogen and oxygen atoms in total. The summed E-state index contributed by atoms with van der Waals surface area (Å²) in [6, 6.07) is 0. The van der Waals surface area contributed by atoms with Crippen LogP contribution < -0.4 is 10.1 Å². The average Bonchev–Trinajstić information content (AvgIpc) is 3.49. The number of hydrogen-bond donors (Lipinski definition) is 2. The number of alkyl halides is 1. The number of anilines is 2. The molecule has 1 fully saturated rings.